The summed E-state index contributed by atoms with van der Waals surface area (Å²) in [5.41, 5.74) is -1.28. The van der Waals surface area contributed by atoms with Gasteiger partial charge in [-0.15, -0.1) is 0 Å². The van der Waals surface area contributed by atoms with Crippen LogP contribution in [0.4, 0.5) is 0 Å². The number of hydrogen-bond donors (Lipinski definition) is 4. The van der Waals surface area contributed by atoms with Crippen LogP contribution < -0.4 is 0 Å². The number of fused-ring (bicyclic) bond motifs is 3. The molecule has 43 heavy (non-hydrogen) atoms. The molecule has 0 aromatic heterocycles. The molecule has 1 unspecified atom stereocenters. The van der Waals surface area contributed by atoms with Gasteiger partial charge in [-0.3, -0.25) is 14.4 Å². The van der Waals surface area contributed by atoms with E-state index in [1.165, 1.54) is 6.07 Å². The van der Waals surface area contributed by atoms with Gasteiger partial charge in [0.25, 0.3) is 0 Å². The summed E-state index contributed by atoms with van der Waals surface area (Å²) >= 11 is 0. The number of allylic oxidation sites excluding steroid dienone is 2. The first kappa shape index (κ1) is 30.5. The first-order valence-corrected chi connectivity index (χ1v) is 14.8. The molecule has 0 radical (unpaired) electrons. The third kappa shape index (κ3) is 4.15. The van der Waals surface area contributed by atoms with E-state index in [0.29, 0.717) is 5.56 Å². The molecule has 3 aliphatic carbocycles. The van der Waals surface area contributed by atoms with Crippen molar-refractivity contribution in [1.29, 1.82) is 0 Å². The number of ketones is 3. The van der Waals surface area contributed by atoms with Gasteiger partial charge < -0.3 is 20.4 Å². The fraction of sp³-hybridized carbons (Fsp3) is 0.417. The molecule has 4 atom stereocenters. The minimum absolute atomic E-state index is 0.0536. The zero-order valence-electron chi connectivity index (χ0n) is 25.7. The molecule has 7 heteroatoms. The molecule has 0 bridgehead atoms. The Labute approximate surface area is 252 Å². The summed E-state index contributed by atoms with van der Waals surface area (Å²) < 4.78 is 0. The summed E-state index contributed by atoms with van der Waals surface area (Å²) in [5.74, 6) is -5.30. The van der Waals surface area contributed by atoms with Gasteiger partial charge >= 0.3 is 0 Å². The van der Waals surface area contributed by atoms with Crippen LogP contribution in [0, 0.1) is 22.7 Å². The van der Waals surface area contributed by atoms with Gasteiger partial charge in [-0.05, 0) is 66.8 Å². The van der Waals surface area contributed by atoms with Gasteiger partial charge in [-0.2, -0.15) is 0 Å². The van der Waals surface area contributed by atoms with Crippen LogP contribution in [0.5, 0.6) is 5.75 Å². The van der Waals surface area contributed by atoms with E-state index >= 15 is 0 Å². The van der Waals surface area contributed by atoms with Crippen LogP contribution in [0.15, 0.2) is 65.5 Å². The van der Waals surface area contributed by atoms with Crippen molar-refractivity contribution in [3.8, 4) is 16.9 Å². The van der Waals surface area contributed by atoms with Gasteiger partial charge in [-0.1, -0.05) is 77.1 Å². The smallest absolute Gasteiger partial charge is 0.203 e. The number of phenolic OH excluding ortho intramolecular Hbond substituents is 1. The second-order valence-electron chi connectivity index (χ2n) is 13.4. The van der Waals surface area contributed by atoms with Crippen LogP contribution in [-0.2, 0) is 27.2 Å². The summed E-state index contributed by atoms with van der Waals surface area (Å²) in [4.78, 5) is 40.7. The Morgan fingerprint density at radius 3 is 2.23 bits per heavy atom. The Morgan fingerprint density at radius 2 is 1.67 bits per heavy atom. The van der Waals surface area contributed by atoms with Crippen molar-refractivity contribution in [1.82, 2.24) is 0 Å². The highest BCUT2D eigenvalue weighted by molar-refractivity contribution is 6.24. The highest BCUT2D eigenvalue weighted by atomic mass is 16.3. The molecule has 2 aromatic carbocycles. The lowest BCUT2D eigenvalue weighted by atomic mass is 9.43. The molecule has 4 N–H and O–H groups in total. The van der Waals surface area contributed by atoms with Crippen LogP contribution in [-0.4, -0.2) is 43.4 Å². The number of phenols is 1. The molecule has 7 nitrogen and oxygen atoms in total. The third-order valence-corrected chi connectivity index (χ3v) is 10.1. The number of benzene rings is 2. The molecular weight excluding hydrogens is 544 g/mol. The van der Waals surface area contributed by atoms with Gasteiger partial charge in [0.2, 0.25) is 5.78 Å². The van der Waals surface area contributed by atoms with Crippen molar-refractivity contribution < 1.29 is 34.8 Å². The van der Waals surface area contributed by atoms with Gasteiger partial charge in [0, 0.05) is 22.3 Å². The van der Waals surface area contributed by atoms with E-state index in [4.69, 9.17) is 0 Å². The lowest BCUT2D eigenvalue weighted by Crippen LogP contribution is -2.69. The highest BCUT2D eigenvalue weighted by Crippen LogP contribution is 2.65. The normalized spacial score (nSPS) is 28.5. The summed E-state index contributed by atoms with van der Waals surface area (Å²) in [7, 11) is 0. The number of aromatic hydroxyl groups is 1. The molecular formula is C36H40O7. The van der Waals surface area contributed by atoms with Crippen molar-refractivity contribution in [3.63, 3.8) is 0 Å². The first-order valence-electron chi connectivity index (χ1n) is 14.8. The molecule has 1 saturated carbocycles. The molecule has 0 saturated heterocycles. The lowest BCUT2D eigenvalue weighted by Gasteiger charge is -2.59. The highest BCUT2D eigenvalue weighted by Gasteiger charge is 2.72. The molecule has 0 spiro atoms. The average Bonchev–Trinajstić information content (AvgIpc) is 2.91. The monoisotopic (exact) mass is 584 g/mol. The van der Waals surface area contributed by atoms with Crippen molar-refractivity contribution >= 4 is 23.1 Å². The Kier molecular flexibility index (Phi) is 7.13. The van der Waals surface area contributed by atoms with Gasteiger partial charge in [0.1, 0.15) is 22.8 Å². The first-order chi connectivity index (χ1) is 20.0. The lowest BCUT2D eigenvalue weighted by molar-refractivity contribution is -0.178. The molecule has 226 valence electrons. The summed E-state index contributed by atoms with van der Waals surface area (Å²) in [6.07, 6.45) is 1.93. The molecule has 2 aromatic rings. The van der Waals surface area contributed by atoms with Crippen molar-refractivity contribution in [2.75, 3.05) is 0 Å². The Balaban J connectivity index is 1.73. The van der Waals surface area contributed by atoms with Crippen LogP contribution in [0.3, 0.4) is 0 Å². The molecule has 3 aliphatic rings. The maximum atomic E-state index is 14.4. The quantitative estimate of drug-likeness (QED) is 0.229. The molecule has 0 heterocycles. The second kappa shape index (κ2) is 10.1. The molecule has 5 rings (SSSR count). The summed E-state index contributed by atoms with van der Waals surface area (Å²) in [6.45, 7) is 14.3. The third-order valence-electron chi connectivity index (χ3n) is 10.1. The standard InChI is InChI=1S/C36H40O7/c1-8-19(4)15-21-9-11-22(12-10-21)23-13-14-25(38)27-24(23)16-34(6)17-35(7)28(18(2)3)30(39)26(20(5)37)32(41)36(35,43)33(42)29(34)31(27)40/h9-14,18,28,38,40-41,43H,4,8,15-17H2,1-3,5-7H3/t28?,34-,35-,36+/m1/s1. The second-order valence-corrected chi connectivity index (χ2v) is 13.4. The zero-order chi connectivity index (χ0) is 31.8. The summed E-state index contributed by atoms with van der Waals surface area (Å²) in [6, 6.07) is 11.3. The van der Waals surface area contributed by atoms with Crippen LogP contribution in [0.1, 0.15) is 71.1 Å². The topological polar surface area (TPSA) is 132 Å². The average molecular weight is 585 g/mol. The molecule has 0 amide bonds. The van der Waals surface area contributed by atoms with Gasteiger partial charge in [-0.25, -0.2) is 0 Å². The van der Waals surface area contributed by atoms with E-state index in [1.807, 2.05) is 24.3 Å². The van der Waals surface area contributed by atoms with Gasteiger partial charge in [0.15, 0.2) is 17.2 Å². The minimum atomic E-state index is -2.62. The molecule has 0 aliphatic heterocycles. The maximum absolute atomic E-state index is 14.4. The van der Waals surface area contributed by atoms with Crippen LogP contribution in [0.2, 0.25) is 0 Å². The number of aliphatic hydroxyl groups is 3. The van der Waals surface area contributed by atoms with E-state index in [-0.39, 0.29) is 35.6 Å². The number of aliphatic hydroxyl groups excluding tert-OH is 2. The van der Waals surface area contributed by atoms with Crippen molar-refractivity contribution in [2.24, 2.45) is 22.7 Å². The predicted octanol–water partition coefficient (Wildman–Crippen LogP) is 6.37. The fourth-order valence-electron chi connectivity index (χ4n) is 8.20. The number of hydrogen-bond acceptors (Lipinski definition) is 7. The number of carbonyl (C=O) groups is 3. The van der Waals surface area contributed by atoms with Crippen molar-refractivity contribution in [3.05, 3.63) is 82.1 Å². The number of Topliss-reactive ketones (excluding diaryl/α,β-unsaturated/α-hetero) is 3. The predicted molar refractivity (Wildman–Crippen MR) is 164 cm³/mol. The largest absolute Gasteiger partial charge is 0.508 e. The Morgan fingerprint density at radius 1 is 1.05 bits per heavy atom. The summed E-state index contributed by atoms with van der Waals surface area (Å²) in [5, 5.41) is 46.2. The fourth-order valence-corrected chi connectivity index (χ4v) is 8.20. The maximum Gasteiger partial charge on any atom is 0.203 e. The molecule has 1 fully saturated rings. The van der Waals surface area contributed by atoms with Crippen LogP contribution in [0.25, 0.3) is 16.9 Å². The Hall–Kier alpha value is -3.97. The number of carbonyl (C=O) groups excluding carboxylic acids is 3. The SMILES string of the molecule is C=C(CC)Cc1ccc(-c2ccc(O)c3c2C[C@]2(C)C[C@]4(C)C(C(C)C)C(=O)C(C(C)=O)=C(O)[C@]4(O)C(=O)C2=C3O)cc1. The van der Waals surface area contributed by atoms with Crippen molar-refractivity contribution in [2.45, 2.75) is 72.8 Å². The van der Waals surface area contributed by atoms with Gasteiger partial charge in [0.05, 0.1) is 5.56 Å². The van der Waals surface area contributed by atoms with E-state index in [9.17, 15) is 34.8 Å². The minimum Gasteiger partial charge on any atom is -0.508 e. The van der Waals surface area contributed by atoms with E-state index in [1.54, 1.807) is 33.8 Å². The Bertz CT molecular complexity index is 1660. The van der Waals surface area contributed by atoms with Crippen LogP contribution >= 0.6 is 0 Å². The van der Waals surface area contributed by atoms with E-state index in [2.05, 4.69) is 13.5 Å². The number of rotatable bonds is 6. The van der Waals surface area contributed by atoms with E-state index in [0.717, 1.165) is 42.0 Å². The van der Waals surface area contributed by atoms with E-state index < -0.39 is 56.8 Å². The zero-order valence-corrected chi connectivity index (χ0v) is 25.7.